The normalized spacial score (nSPS) is 11.5. The summed E-state index contributed by atoms with van der Waals surface area (Å²) < 4.78 is 25.4. The van der Waals surface area contributed by atoms with Gasteiger partial charge in [-0.15, -0.1) is 0 Å². The van der Waals surface area contributed by atoms with E-state index in [9.17, 15) is 18.3 Å². The first-order valence-electron chi connectivity index (χ1n) is 8.18. The lowest BCUT2D eigenvalue weighted by molar-refractivity contribution is 0.262. The Morgan fingerprint density at radius 2 is 1.70 bits per heavy atom. The molecule has 0 bridgehead atoms. The largest absolute Gasteiger partial charge is 0.506 e. The molecule has 0 radical (unpaired) electrons. The number of hydrogen-bond acceptors (Lipinski definition) is 4. The van der Waals surface area contributed by atoms with Crippen LogP contribution in [0.5, 0.6) is 5.75 Å². The van der Waals surface area contributed by atoms with Crippen molar-refractivity contribution in [3.63, 3.8) is 0 Å². The Bertz CT molecular complexity index is 952. The van der Waals surface area contributed by atoms with Crippen LogP contribution < -0.4 is 10.6 Å². The second-order valence-electron chi connectivity index (χ2n) is 6.18. The van der Waals surface area contributed by atoms with Crippen molar-refractivity contribution in [3.05, 3.63) is 44.8 Å². The number of carbonyl (C=O) groups is 1. The molecule has 0 aliphatic carbocycles. The number of rotatable bonds is 5. The highest BCUT2D eigenvalue weighted by atomic mass is 79.9. The summed E-state index contributed by atoms with van der Waals surface area (Å²) in [5.74, 6) is 0.0140. The van der Waals surface area contributed by atoms with Crippen LogP contribution in [-0.4, -0.2) is 25.3 Å². The van der Waals surface area contributed by atoms with Gasteiger partial charge < -0.3 is 15.7 Å². The van der Waals surface area contributed by atoms with Gasteiger partial charge in [-0.2, -0.15) is 0 Å². The van der Waals surface area contributed by atoms with Crippen LogP contribution in [0.3, 0.4) is 0 Å². The zero-order valence-electron chi connectivity index (χ0n) is 15.0. The highest BCUT2D eigenvalue weighted by Crippen LogP contribution is 2.35. The minimum absolute atomic E-state index is 0.00747. The maximum Gasteiger partial charge on any atom is 0.323 e. The Balaban J connectivity index is 2.26. The number of carbonyl (C=O) groups excluding carboxylic acids is 1. The van der Waals surface area contributed by atoms with Crippen LogP contribution in [0.15, 0.2) is 44.2 Å². The van der Waals surface area contributed by atoms with Crippen molar-refractivity contribution < 1.29 is 18.3 Å². The van der Waals surface area contributed by atoms with Gasteiger partial charge in [-0.1, -0.05) is 20.8 Å². The summed E-state index contributed by atoms with van der Waals surface area (Å²) in [6.07, 6.45) is 0. The van der Waals surface area contributed by atoms with Crippen molar-refractivity contribution in [1.29, 1.82) is 0 Å². The molecule has 0 aliphatic rings. The number of benzene rings is 2. The molecule has 0 atom stereocenters. The Hall–Kier alpha value is -1.58. The van der Waals surface area contributed by atoms with Gasteiger partial charge in [0.05, 0.1) is 22.0 Å². The quantitative estimate of drug-likeness (QED) is 0.456. The summed E-state index contributed by atoms with van der Waals surface area (Å²) >= 11 is 6.88. The standard InChI is InChI=1S/C18H20Br2N2O4S/c1-4-27(25,26)12-5-6-16(23)15(9-12)21-18(24)22-17-13(19)7-11(10(2)3)8-14(17)20/h5-10,23H,4H2,1-3H3,(H2,21,22,24). The van der Waals surface area contributed by atoms with Gasteiger partial charge in [-0.25, -0.2) is 13.2 Å². The van der Waals surface area contributed by atoms with Crippen LogP contribution in [-0.2, 0) is 9.84 Å². The molecule has 0 aliphatic heterocycles. The number of sulfone groups is 1. The number of halogens is 2. The predicted molar refractivity (Wildman–Crippen MR) is 114 cm³/mol. The topological polar surface area (TPSA) is 95.5 Å². The van der Waals surface area contributed by atoms with Gasteiger partial charge in [0.25, 0.3) is 0 Å². The summed E-state index contributed by atoms with van der Waals surface area (Å²) in [5.41, 5.74) is 1.62. The first kappa shape index (κ1) is 21.7. The molecule has 0 saturated heterocycles. The van der Waals surface area contributed by atoms with Crippen molar-refractivity contribution in [2.45, 2.75) is 31.6 Å². The first-order chi connectivity index (χ1) is 12.5. The molecule has 3 N–H and O–H groups in total. The number of urea groups is 1. The van der Waals surface area contributed by atoms with Crippen LogP contribution in [0.25, 0.3) is 0 Å². The van der Waals surface area contributed by atoms with Crippen LogP contribution in [0, 0.1) is 0 Å². The Morgan fingerprint density at radius 1 is 1.11 bits per heavy atom. The minimum Gasteiger partial charge on any atom is -0.506 e. The number of aromatic hydroxyl groups is 1. The lowest BCUT2D eigenvalue weighted by atomic mass is 10.0. The van der Waals surface area contributed by atoms with Crippen LogP contribution in [0.2, 0.25) is 0 Å². The maximum atomic E-state index is 12.4. The summed E-state index contributed by atoms with van der Waals surface area (Å²) in [7, 11) is -3.46. The number of phenolic OH excluding ortho intramolecular Hbond substituents is 1. The molecular weight excluding hydrogens is 500 g/mol. The summed E-state index contributed by atoms with van der Waals surface area (Å²) in [5, 5.41) is 15.1. The Morgan fingerprint density at radius 3 is 2.22 bits per heavy atom. The van der Waals surface area contributed by atoms with Gasteiger partial charge in [0, 0.05) is 8.95 Å². The van der Waals surface area contributed by atoms with Gasteiger partial charge in [0.1, 0.15) is 5.75 Å². The second-order valence-corrected chi connectivity index (χ2v) is 10.2. The van der Waals surface area contributed by atoms with Gasteiger partial charge in [-0.05, 0) is 73.7 Å². The summed E-state index contributed by atoms with van der Waals surface area (Å²) in [4.78, 5) is 12.4. The van der Waals surface area contributed by atoms with E-state index in [2.05, 4.69) is 56.3 Å². The van der Waals surface area contributed by atoms with Gasteiger partial charge in [0.15, 0.2) is 9.84 Å². The van der Waals surface area contributed by atoms with E-state index in [4.69, 9.17) is 0 Å². The van der Waals surface area contributed by atoms with E-state index < -0.39 is 15.9 Å². The van der Waals surface area contributed by atoms with E-state index in [1.54, 1.807) is 0 Å². The van der Waals surface area contributed by atoms with Crippen molar-refractivity contribution in [3.8, 4) is 5.75 Å². The molecule has 146 valence electrons. The van der Waals surface area contributed by atoms with E-state index in [1.165, 1.54) is 25.1 Å². The molecule has 2 amide bonds. The molecule has 27 heavy (non-hydrogen) atoms. The molecule has 0 aromatic heterocycles. The van der Waals surface area contributed by atoms with E-state index in [0.717, 1.165) is 5.56 Å². The monoisotopic (exact) mass is 518 g/mol. The molecule has 6 nitrogen and oxygen atoms in total. The molecule has 0 heterocycles. The van der Waals surface area contributed by atoms with Gasteiger partial charge >= 0.3 is 6.03 Å². The van der Waals surface area contributed by atoms with E-state index >= 15 is 0 Å². The average molecular weight is 520 g/mol. The first-order valence-corrected chi connectivity index (χ1v) is 11.4. The zero-order valence-corrected chi connectivity index (χ0v) is 19.0. The highest BCUT2D eigenvalue weighted by molar-refractivity contribution is 9.11. The van der Waals surface area contributed by atoms with Crippen molar-refractivity contribution >= 4 is 59.1 Å². The Kier molecular flexibility index (Phi) is 6.93. The molecule has 0 saturated carbocycles. The molecule has 2 rings (SSSR count). The molecule has 0 unspecified atom stereocenters. The fourth-order valence-electron chi connectivity index (χ4n) is 2.29. The average Bonchev–Trinajstić information content (AvgIpc) is 2.59. The number of anilines is 2. The highest BCUT2D eigenvalue weighted by Gasteiger charge is 2.17. The second kappa shape index (κ2) is 8.62. The van der Waals surface area contributed by atoms with Gasteiger partial charge in [0.2, 0.25) is 0 Å². The van der Waals surface area contributed by atoms with Crippen LogP contribution in [0.4, 0.5) is 16.2 Å². The third-order valence-corrected chi connectivity index (χ3v) is 6.91. The van der Waals surface area contributed by atoms with E-state index in [-0.39, 0.29) is 22.1 Å². The third-order valence-electron chi connectivity index (χ3n) is 3.93. The van der Waals surface area contributed by atoms with Crippen molar-refractivity contribution in [1.82, 2.24) is 0 Å². The predicted octanol–water partition coefficient (Wildman–Crippen LogP) is 5.48. The maximum absolute atomic E-state index is 12.4. The molecule has 0 spiro atoms. The SMILES string of the molecule is CCS(=O)(=O)c1ccc(O)c(NC(=O)Nc2c(Br)cc(C(C)C)cc2Br)c1. The van der Waals surface area contributed by atoms with E-state index in [1.807, 2.05) is 12.1 Å². The zero-order chi connectivity index (χ0) is 20.4. The molecule has 2 aromatic rings. The molecule has 2 aromatic carbocycles. The lowest BCUT2D eigenvalue weighted by Gasteiger charge is -2.15. The van der Waals surface area contributed by atoms with Crippen molar-refractivity contribution in [2.24, 2.45) is 0 Å². The summed E-state index contributed by atoms with van der Waals surface area (Å²) in [6.45, 7) is 5.65. The smallest absolute Gasteiger partial charge is 0.323 e. The Labute approximate surface area is 175 Å². The molecule has 0 fully saturated rings. The number of nitrogens with one attached hydrogen (secondary N) is 2. The third kappa shape index (κ3) is 5.24. The molecule has 9 heteroatoms. The van der Waals surface area contributed by atoms with Crippen LogP contribution >= 0.6 is 31.9 Å². The number of hydrogen-bond donors (Lipinski definition) is 3. The number of phenols is 1. The number of amides is 2. The van der Waals surface area contributed by atoms with E-state index in [0.29, 0.717) is 20.6 Å². The van der Waals surface area contributed by atoms with Gasteiger partial charge in [-0.3, -0.25) is 0 Å². The lowest BCUT2D eigenvalue weighted by Crippen LogP contribution is -2.20. The van der Waals surface area contributed by atoms with Crippen LogP contribution in [0.1, 0.15) is 32.3 Å². The molecular formula is C18H20Br2N2O4S. The fourth-order valence-corrected chi connectivity index (χ4v) is 4.61. The van der Waals surface area contributed by atoms with Crippen molar-refractivity contribution in [2.75, 3.05) is 16.4 Å². The minimum atomic E-state index is -3.46. The summed E-state index contributed by atoms with van der Waals surface area (Å²) in [6, 6.07) is 6.99. The fraction of sp³-hybridized carbons (Fsp3) is 0.278.